The average Bonchev–Trinajstić information content (AvgIpc) is 2.79. The number of nitrogens with one attached hydrogen (secondary N) is 1. The predicted molar refractivity (Wildman–Crippen MR) is 74.9 cm³/mol. The molecule has 7 heteroatoms. The molecule has 0 atom stereocenters. The Bertz CT molecular complexity index is 777. The van der Waals surface area contributed by atoms with E-state index in [1.54, 1.807) is 18.6 Å². The highest BCUT2D eigenvalue weighted by Crippen LogP contribution is 2.20. The van der Waals surface area contributed by atoms with E-state index >= 15 is 0 Å². The molecule has 7 nitrogen and oxygen atoms in total. The molecule has 3 rings (SSSR count). The first-order valence-electron chi connectivity index (χ1n) is 5.96. The van der Waals surface area contributed by atoms with Crippen LogP contribution in [0.15, 0.2) is 36.9 Å². The Balaban J connectivity index is 2.01. The van der Waals surface area contributed by atoms with Gasteiger partial charge in [0.1, 0.15) is 5.65 Å². The van der Waals surface area contributed by atoms with Crippen molar-refractivity contribution in [3.8, 4) is 11.1 Å². The van der Waals surface area contributed by atoms with Crippen molar-refractivity contribution < 1.29 is 4.79 Å². The Morgan fingerprint density at radius 2 is 1.95 bits per heavy atom. The Morgan fingerprint density at radius 1 is 1.20 bits per heavy atom. The van der Waals surface area contributed by atoms with Crippen molar-refractivity contribution in [2.24, 2.45) is 0 Å². The van der Waals surface area contributed by atoms with Gasteiger partial charge in [-0.05, 0) is 12.1 Å². The van der Waals surface area contributed by atoms with E-state index in [0.717, 1.165) is 16.8 Å². The molecular weight excluding hydrogens is 256 g/mol. The molecule has 3 heterocycles. The van der Waals surface area contributed by atoms with E-state index in [2.05, 4.69) is 20.3 Å². The monoisotopic (exact) mass is 268 g/mol. The Morgan fingerprint density at radius 3 is 2.65 bits per heavy atom. The molecular formula is C13H12N6O. The highest BCUT2D eigenvalue weighted by atomic mass is 16.1. The van der Waals surface area contributed by atoms with Gasteiger partial charge in [-0.3, -0.25) is 4.79 Å². The molecule has 0 aliphatic carbocycles. The molecule has 3 aromatic rings. The van der Waals surface area contributed by atoms with Crippen molar-refractivity contribution in [1.82, 2.24) is 19.4 Å². The standard InChI is InChI=1S/C13H12N6O/c1-8(20)17-11-7-19-6-9(2-3-12(19)18-11)10-4-15-13(14)16-5-10/h2-7H,1H3,(H,17,20)(H2,14,15,16). The average molecular weight is 268 g/mol. The van der Waals surface area contributed by atoms with E-state index in [1.807, 2.05) is 22.7 Å². The van der Waals surface area contributed by atoms with Crippen molar-refractivity contribution in [3.05, 3.63) is 36.9 Å². The quantitative estimate of drug-likeness (QED) is 0.730. The van der Waals surface area contributed by atoms with Gasteiger partial charge < -0.3 is 15.5 Å². The Hall–Kier alpha value is -2.96. The molecule has 0 radical (unpaired) electrons. The van der Waals surface area contributed by atoms with Gasteiger partial charge >= 0.3 is 0 Å². The van der Waals surface area contributed by atoms with Crippen molar-refractivity contribution >= 4 is 23.3 Å². The van der Waals surface area contributed by atoms with Gasteiger partial charge in [0.25, 0.3) is 0 Å². The molecule has 3 aromatic heterocycles. The lowest BCUT2D eigenvalue weighted by Gasteiger charge is -2.01. The smallest absolute Gasteiger partial charge is 0.222 e. The second kappa shape index (κ2) is 4.61. The van der Waals surface area contributed by atoms with E-state index in [9.17, 15) is 4.79 Å². The van der Waals surface area contributed by atoms with Gasteiger partial charge in [0.05, 0.1) is 6.20 Å². The molecule has 0 fully saturated rings. The fraction of sp³-hybridized carbons (Fsp3) is 0.0769. The number of nitrogen functional groups attached to an aromatic ring is 1. The maximum Gasteiger partial charge on any atom is 0.222 e. The van der Waals surface area contributed by atoms with Crippen molar-refractivity contribution in [1.29, 1.82) is 0 Å². The van der Waals surface area contributed by atoms with Crippen molar-refractivity contribution in [3.63, 3.8) is 0 Å². The second-order valence-corrected chi connectivity index (χ2v) is 4.32. The van der Waals surface area contributed by atoms with Crippen LogP contribution < -0.4 is 11.1 Å². The summed E-state index contributed by atoms with van der Waals surface area (Å²) < 4.78 is 1.83. The van der Waals surface area contributed by atoms with Gasteiger partial charge in [0, 0.05) is 36.6 Å². The number of aromatic nitrogens is 4. The van der Waals surface area contributed by atoms with Crippen LogP contribution >= 0.6 is 0 Å². The normalized spacial score (nSPS) is 10.7. The molecule has 0 saturated heterocycles. The van der Waals surface area contributed by atoms with Gasteiger partial charge in [0.15, 0.2) is 5.82 Å². The van der Waals surface area contributed by atoms with E-state index < -0.39 is 0 Å². The minimum Gasteiger partial charge on any atom is -0.368 e. The third-order valence-corrected chi connectivity index (χ3v) is 2.76. The van der Waals surface area contributed by atoms with Gasteiger partial charge in [0.2, 0.25) is 11.9 Å². The maximum absolute atomic E-state index is 11.0. The summed E-state index contributed by atoms with van der Waals surface area (Å²) in [5.74, 6) is 0.606. The number of nitrogens with zero attached hydrogens (tertiary/aromatic N) is 4. The molecule has 3 N–H and O–H groups in total. The van der Waals surface area contributed by atoms with Crippen LogP contribution in [0.2, 0.25) is 0 Å². The molecule has 0 aromatic carbocycles. The Labute approximate surface area is 114 Å². The first-order valence-corrected chi connectivity index (χ1v) is 5.96. The van der Waals surface area contributed by atoms with Crippen LogP contribution in [0.1, 0.15) is 6.92 Å². The minimum atomic E-state index is -0.152. The molecule has 0 saturated carbocycles. The largest absolute Gasteiger partial charge is 0.368 e. The lowest BCUT2D eigenvalue weighted by atomic mass is 10.1. The molecule has 0 spiro atoms. The first kappa shape index (κ1) is 12.1. The van der Waals surface area contributed by atoms with Crippen molar-refractivity contribution in [2.75, 3.05) is 11.1 Å². The number of fused-ring (bicyclic) bond motifs is 1. The zero-order chi connectivity index (χ0) is 14.1. The molecule has 100 valence electrons. The molecule has 0 aliphatic heterocycles. The molecule has 0 unspecified atom stereocenters. The summed E-state index contributed by atoms with van der Waals surface area (Å²) in [5.41, 5.74) is 8.00. The number of rotatable bonds is 2. The number of anilines is 2. The lowest BCUT2D eigenvalue weighted by Crippen LogP contribution is -2.05. The van der Waals surface area contributed by atoms with Crippen LogP contribution in [0.25, 0.3) is 16.8 Å². The molecule has 0 bridgehead atoms. The van der Waals surface area contributed by atoms with E-state index in [4.69, 9.17) is 5.73 Å². The predicted octanol–water partition coefficient (Wildman–Crippen LogP) is 1.33. The van der Waals surface area contributed by atoms with Gasteiger partial charge in [-0.25, -0.2) is 15.0 Å². The molecule has 1 amide bonds. The summed E-state index contributed by atoms with van der Waals surface area (Å²) in [6.45, 7) is 1.45. The molecule has 20 heavy (non-hydrogen) atoms. The van der Waals surface area contributed by atoms with Crippen LogP contribution in [0.3, 0.4) is 0 Å². The van der Waals surface area contributed by atoms with Gasteiger partial charge in [-0.15, -0.1) is 0 Å². The number of hydrogen-bond donors (Lipinski definition) is 2. The number of amides is 1. The molecule has 0 aliphatic rings. The summed E-state index contributed by atoms with van der Waals surface area (Å²) in [6.07, 6.45) is 6.96. The van der Waals surface area contributed by atoms with E-state index in [0.29, 0.717) is 5.82 Å². The number of nitrogens with two attached hydrogens (primary N) is 1. The van der Waals surface area contributed by atoms with Crippen LogP contribution in [-0.2, 0) is 4.79 Å². The second-order valence-electron chi connectivity index (χ2n) is 4.32. The minimum absolute atomic E-state index is 0.152. The van der Waals surface area contributed by atoms with Gasteiger partial charge in [-0.1, -0.05) is 0 Å². The van der Waals surface area contributed by atoms with Crippen LogP contribution in [0.4, 0.5) is 11.8 Å². The zero-order valence-electron chi connectivity index (χ0n) is 10.7. The zero-order valence-corrected chi connectivity index (χ0v) is 10.7. The third kappa shape index (κ3) is 2.28. The number of carbonyl (C=O) groups is 1. The lowest BCUT2D eigenvalue weighted by molar-refractivity contribution is -0.114. The number of pyridine rings is 1. The summed E-state index contributed by atoms with van der Waals surface area (Å²) in [4.78, 5) is 23.2. The summed E-state index contributed by atoms with van der Waals surface area (Å²) in [5, 5.41) is 2.65. The van der Waals surface area contributed by atoms with Crippen LogP contribution in [0, 0.1) is 0 Å². The summed E-state index contributed by atoms with van der Waals surface area (Å²) in [7, 11) is 0. The Kier molecular flexibility index (Phi) is 2.79. The van der Waals surface area contributed by atoms with Crippen LogP contribution in [0.5, 0.6) is 0 Å². The summed E-state index contributed by atoms with van der Waals surface area (Å²) >= 11 is 0. The maximum atomic E-state index is 11.0. The van der Waals surface area contributed by atoms with Crippen LogP contribution in [-0.4, -0.2) is 25.3 Å². The number of hydrogen-bond acceptors (Lipinski definition) is 5. The van der Waals surface area contributed by atoms with Gasteiger partial charge in [-0.2, -0.15) is 0 Å². The SMILES string of the molecule is CC(=O)Nc1cn2cc(-c3cnc(N)nc3)ccc2n1. The van der Waals surface area contributed by atoms with E-state index in [-0.39, 0.29) is 11.9 Å². The fourth-order valence-electron chi connectivity index (χ4n) is 1.89. The van der Waals surface area contributed by atoms with E-state index in [1.165, 1.54) is 6.92 Å². The highest BCUT2D eigenvalue weighted by Gasteiger charge is 2.05. The third-order valence-electron chi connectivity index (χ3n) is 2.76. The van der Waals surface area contributed by atoms with Crippen molar-refractivity contribution in [2.45, 2.75) is 6.92 Å². The fourth-order valence-corrected chi connectivity index (χ4v) is 1.89. The highest BCUT2D eigenvalue weighted by molar-refractivity contribution is 5.87. The summed E-state index contributed by atoms with van der Waals surface area (Å²) in [6, 6.07) is 3.77. The number of carbonyl (C=O) groups excluding carboxylic acids is 1. The number of imidazole rings is 1. The topological polar surface area (TPSA) is 98.2 Å². The first-order chi connectivity index (χ1) is 9.61.